The van der Waals surface area contributed by atoms with Gasteiger partial charge in [0.05, 0.1) is 5.56 Å². The molecule has 0 saturated heterocycles. The first-order valence-corrected chi connectivity index (χ1v) is 6.38. The molecule has 0 aliphatic rings. The molecule has 1 aromatic rings. The molecular formula is C14H19ClN2O2. The maximum atomic E-state index is 12.0. The molecule has 0 saturated carbocycles. The van der Waals surface area contributed by atoms with Crippen LogP contribution in [0.25, 0.3) is 0 Å². The molecule has 4 nitrogen and oxygen atoms in total. The summed E-state index contributed by atoms with van der Waals surface area (Å²) in [7, 11) is 3.90. The molecule has 0 aliphatic heterocycles. The van der Waals surface area contributed by atoms with E-state index in [-0.39, 0.29) is 5.91 Å². The number of nitrogens with one attached hydrogen (secondary N) is 1. The molecule has 0 radical (unpaired) electrons. The van der Waals surface area contributed by atoms with Crippen LogP contribution in [-0.2, 0) is 0 Å². The van der Waals surface area contributed by atoms with Crippen molar-refractivity contribution in [2.45, 2.75) is 0 Å². The van der Waals surface area contributed by atoms with Gasteiger partial charge in [0, 0.05) is 18.1 Å². The standard InChI is InChI=1S/C14H19ClN2O2/c1-4-9-19-13-10-11(15)5-6-12(13)14(18)16-7-8-17(2)3/h4-6,10H,1,7-9H2,2-3H3,(H,16,18). The lowest BCUT2D eigenvalue weighted by Gasteiger charge is -2.13. The number of benzene rings is 1. The molecule has 0 aromatic heterocycles. The van der Waals surface area contributed by atoms with Gasteiger partial charge in [-0.2, -0.15) is 0 Å². The van der Waals surface area contributed by atoms with Gasteiger partial charge < -0.3 is 15.0 Å². The van der Waals surface area contributed by atoms with E-state index in [1.54, 1.807) is 24.3 Å². The second-order valence-corrected chi connectivity index (χ2v) is 4.74. The Morgan fingerprint density at radius 3 is 2.89 bits per heavy atom. The third kappa shape index (κ3) is 5.32. The Balaban J connectivity index is 2.74. The van der Waals surface area contributed by atoms with Crippen molar-refractivity contribution in [2.75, 3.05) is 33.8 Å². The predicted octanol–water partition coefficient (Wildman–Crippen LogP) is 2.20. The van der Waals surface area contributed by atoms with Crippen LogP contribution in [0.2, 0.25) is 5.02 Å². The van der Waals surface area contributed by atoms with Gasteiger partial charge in [-0.3, -0.25) is 4.79 Å². The Morgan fingerprint density at radius 1 is 1.53 bits per heavy atom. The van der Waals surface area contributed by atoms with E-state index in [9.17, 15) is 4.79 Å². The molecule has 0 atom stereocenters. The number of halogens is 1. The van der Waals surface area contributed by atoms with Crippen LogP contribution in [0.4, 0.5) is 0 Å². The molecule has 104 valence electrons. The van der Waals surface area contributed by atoms with Crippen LogP contribution >= 0.6 is 11.6 Å². The van der Waals surface area contributed by atoms with Crippen molar-refractivity contribution >= 4 is 17.5 Å². The van der Waals surface area contributed by atoms with E-state index in [0.29, 0.717) is 29.5 Å². The van der Waals surface area contributed by atoms with Crippen LogP contribution in [0.1, 0.15) is 10.4 Å². The lowest BCUT2D eigenvalue weighted by molar-refractivity contribution is 0.0947. The van der Waals surface area contributed by atoms with Gasteiger partial charge >= 0.3 is 0 Å². The third-order valence-corrected chi connectivity index (χ3v) is 2.62. The smallest absolute Gasteiger partial charge is 0.255 e. The van der Waals surface area contributed by atoms with Crippen molar-refractivity contribution < 1.29 is 9.53 Å². The first kappa shape index (κ1) is 15.5. The van der Waals surface area contributed by atoms with Crippen LogP contribution in [0.15, 0.2) is 30.9 Å². The highest BCUT2D eigenvalue weighted by molar-refractivity contribution is 6.30. The Morgan fingerprint density at radius 2 is 2.26 bits per heavy atom. The first-order chi connectivity index (χ1) is 9.04. The number of hydrogen-bond acceptors (Lipinski definition) is 3. The number of carbonyl (C=O) groups excluding carboxylic acids is 1. The molecule has 0 aliphatic carbocycles. The van der Waals surface area contributed by atoms with E-state index in [1.165, 1.54) is 0 Å². The van der Waals surface area contributed by atoms with Crippen LogP contribution in [-0.4, -0.2) is 44.6 Å². The highest BCUT2D eigenvalue weighted by Crippen LogP contribution is 2.23. The summed E-state index contributed by atoms with van der Waals surface area (Å²) in [5.41, 5.74) is 0.477. The van der Waals surface area contributed by atoms with E-state index in [0.717, 1.165) is 6.54 Å². The molecule has 0 heterocycles. The van der Waals surface area contributed by atoms with Gasteiger partial charge in [-0.05, 0) is 32.3 Å². The Labute approximate surface area is 119 Å². The van der Waals surface area contributed by atoms with Gasteiger partial charge in [0.2, 0.25) is 0 Å². The fourth-order valence-electron chi connectivity index (χ4n) is 1.44. The summed E-state index contributed by atoms with van der Waals surface area (Å²) in [6.07, 6.45) is 1.62. The van der Waals surface area contributed by atoms with E-state index >= 15 is 0 Å². The monoisotopic (exact) mass is 282 g/mol. The minimum Gasteiger partial charge on any atom is -0.489 e. The van der Waals surface area contributed by atoms with Crippen LogP contribution in [0.5, 0.6) is 5.75 Å². The van der Waals surface area contributed by atoms with Gasteiger partial charge in [0.1, 0.15) is 12.4 Å². The van der Waals surface area contributed by atoms with E-state index < -0.39 is 0 Å². The largest absolute Gasteiger partial charge is 0.489 e. The molecular weight excluding hydrogens is 264 g/mol. The number of nitrogens with zero attached hydrogens (tertiary/aromatic N) is 1. The van der Waals surface area contributed by atoms with Crippen molar-refractivity contribution in [1.29, 1.82) is 0 Å². The number of likely N-dealkylation sites (N-methyl/N-ethyl adjacent to an activating group) is 1. The van der Waals surface area contributed by atoms with Crippen LogP contribution in [0, 0.1) is 0 Å². The van der Waals surface area contributed by atoms with Crippen molar-refractivity contribution in [3.63, 3.8) is 0 Å². The van der Waals surface area contributed by atoms with Gasteiger partial charge in [-0.15, -0.1) is 0 Å². The lowest BCUT2D eigenvalue weighted by atomic mass is 10.2. The highest BCUT2D eigenvalue weighted by atomic mass is 35.5. The zero-order valence-electron chi connectivity index (χ0n) is 11.3. The molecule has 0 fully saturated rings. The maximum Gasteiger partial charge on any atom is 0.255 e. The minimum atomic E-state index is -0.169. The third-order valence-electron chi connectivity index (χ3n) is 2.39. The Kier molecular flexibility index (Phi) is 6.39. The SMILES string of the molecule is C=CCOc1cc(Cl)ccc1C(=O)NCCN(C)C. The number of hydrogen-bond donors (Lipinski definition) is 1. The first-order valence-electron chi connectivity index (χ1n) is 6.00. The predicted molar refractivity (Wildman–Crippen MR) is 78.0 cm³/mol. The molecule has 1 rings (SSSR count). The summed E-state index contributed by atoms with van der Waals surface area (Å²) in [6, 6.07) is 4.96. The summed E-state index contributed by atoms with van der Waals surface area (Å²) in [5, 5.41) is 3.37. The van der Waals surface area contributed by atoms with E-state index in [4.69, 9.17) is 16.3 Å². The maximum absolute atomic E-state index is 12.0. The van der Waals surface area contributed by atoms with Crippen LogP contribution < -0.4 is 10.1 Å². The van der Waals surface area contributed by atoms with Gasteiger partial charge in [0.25, 0.3) is 5.91 Å². The quantitative estimate of drug-likeness (QED) is 0.780. The normalized spacial score (nSPS) is 10.3. The topological polar surface area (TPSA) is 41.6 Å². The summed E-state index contributed by atoms with van der Waals surface area (Å²) in [5.74, 6) is 0.298. The summed E-state index contributed by atoms with van der Waals surface area (Å²) in [4.78, 5) is 14.0. The van der Waals surface area contributed by atoms with Crippen molar-refractivity contribution in [2.24, 2.45) is 0 Å². The molecule has 1 aromatic carbocycles. The Bertz CT molecular complexity index is 447. The number of amides is 1. The highest BCUT2D eigenvalue weighted by Gasteiger charge is 2.12. The van der Waals surface area contributed by atoms with Crippen LogP contribution in [0.3, 0.4) is 0 Å². The molecule has 1 amide bonds. The van der Waals surface area contributed by atoms with Gasteiger partial charge in [-0.1, -0.05) is 24.3 Å². The average molecular weight is 283 g/mol. The van der Waals surface area contributed by atoms with E-state index in [2.05, 4.69) is 11.9 Å². The van der Waals surface area contributed by atoms with Gasteiger partial charge in [-0.25, -0.2) is 0 Å². The fraction of sp³-hybridized carbons (Fsp3) is 0.357. The second kappa shape index (κ2) is 7.81. The molecule has 5 heteroatoms. The molecule has 1 N–H and O–H groups in total. The fourth-order valence-corrected chi connectivity index (χ4v) is 1.60. The number of rotatable bonds is 7. The second-order valence-electron chi connectivity index (χ2n) is 4.30. The molecule has 0 bridgehead atoms. The minimum absolute atomic E-state index is 0.169. The molecule has 0 spiro atoms. The summed E-state index contributed by atoms with van der Waals surface area (Å²) >= 11 is 5.90. The average Bonchev–Trinajstić information content (AvgIpc) is 2.35. The van der Waals surface area contributed by atoms with Crippen molar-refractivity contribution in [3.05, 3.63) is 41.4 Å². The summed E-state index contributed by atoms with van der Waals surface area (Å²) in [6.45, 7) is 5.27. The zero-order valence-corrected chi connectivity index (χ0v) is 12.0. The zero-order chi connectivity index (χ0) is 14.3. The number of ether oxygens (including phenoxy) is 1. The van der Waals surface area contributed by atoms with E-state index in [1.807, 2.05) is 19.0 Å². The lowest BCUT2D eigenvalue weighted by Crippen LogP contribution is -2.31. The van der Waals surface area contributed by atoms with Gasteiger partial charge in [0.15, 0.2) is 0 Å². The van der Waals surface area contributed by atoms with Crippen molar-refractivity contribution in [3.8, 4) is 5.75 Å². The summed E-state index contributed by atoms with van der Waals surface area (Å²) < 4.78 is 5.44. The number of carbonyl (C=O) groups is 1. The van der Waals surface area contributed by atoms with Crippen molar-refractivity contribution in [1.82, 2.24) is 10.2 Å². The Hall–Kier alpha value is -1.52. The molecule has 19 heavy (non-hydrogen) atoms. The molecule has 0 unspecified atom stereocenters.